The van der Waals surface area contributed by atoms with Crippen molar-refractivity contribution in [3.8, 4) is 6.07 Å². The van der Waals surface area contributed by atoms with Crippen molar-refractivity contribution in [2.75, 3.05) is 7.11 Å². The molecule has 1 amide bonds. The number of ether oxygens (including phenoxy) is 1. The minimum absolute atomic E-state index is 0.234. The highest BCUT2D eigenvalue weighted by atomic mass is 16.5. The lowest BCUT2D eigenvalue weighted by molar-refractivity contribution is -0.143. The maximum atomic E-state index is 12.3. The molecule has 118 valence electrons. The van der Waals surface area contributed by atoms with E-state index in [0.29, 0.717) is 24.8 Å². The van der Waals surface area contributed by atoms with Gasteiger partial charge < -0.3 is 10.1 Å². The Morgan fingerprint density at radius 2 is 2.09 bits per heavy atom. The van der Waals surface area contributed by atoms with E-state index in [9.17, 15) is 9.59 Å². The van der Waals surface area contributed by atoms with Gasteiger partial charge in [0.1, 0.15) is 11.7 Å². The number of hydrogen-bond acceptors (Lipinski definition) is 5. The van der Waals surface area contributed by atoms with Crippen molar-refractivity contribution in [3.63, 3.8) is 0 Å². The number of nitrogens with zero attached hydrogens (tertiary/aromatic N) is 2. The van der Waals surface area contributed by atoms with Crippen LogP contribution in [-0.4, -0.2) is 30.0 Å². The lowest BCUT2D eigenvalue weighted by Gasteiger charge is -2.15. The number of pyridine rings is 1. The molecule has 6 heteroatoms. The first-order valence-electron chi connectivity index (χ1n) is 7.27. The van der Waals surface area contributed by atoms with Crippen LogP contribution in [0.25, 0.3) is 10.9 Å². The van der Waals surface area contributed by atoms with E-state index in [1.165, 1.54) is 7.11 Å². The largest absolute Gasteiger partial charge is 0.467 e. The molecule has 0 unspecified atom stereocenters. The summed E-state index contributed by atoms with van der Waals surface area (Å²) in [7, 11) is 1.26. The molecule has 6 nitrogen and oxygen atoms in total. The molecular weight excluding hydrogens is 294 g/mol. The van der Waals surface area contributed by atoms with E-state index in [1.54, 1.807) is 12.1 Å². The van der Waals surface area contributed by atoms with E-state index in [4.69, 9.17) is 10.00 Å². The third-order valence-electron chi connectivity index (χ3n) is 3.40. The standard InChI is InChI=1S/C17H17N3O3/c1-23-17(22)15(8-4-5-11-18)20-16(21)14-10-9-12-6-2-3-7-13(12)19-14/h2-3,6-7,9-10,15H,4-5,8H2,1H3,(H,20,21)/t15-/m0/s1. The fraction of sp³-hybridized carbons (Fsp3) is 0.294. The molecule has 1 atom stereocenters. The second-order valence-electron chi connectivity index (χ2n) is 4.99. The molecule has 0 fully saturated rings. The van der Waals surface area contributed by atoms with Crippen molar-refractivity contribution in [2.45, 2.75) is 25.3 Å². The molecule has 23 heavy (non-hydrogen) atoms. The summed E-state index contributed by atoms with van der Waals surface area (Å²) in [6.07, 6.45) is 1.17. The molecule has 0 spiro atoms. The lowest BCUT2D eigenvalue weighted by atomic mass is 10.1. The second-order valence-corrected chi connectivity index (χ2v) is 4.99. The van der Waals surface area contributed by atoms with Gasteiger partial charge in [0.05, 0.1) is 18.7 Å². The third-order valence-corrected chi connectivity index (χ3v) is 3.40. The molecule has 0 aliphatic rings. The average Bonchev–Trinajstić information content (AvgIpc) is 2.59. The van der Waals surface area contributed by atoms with E-state index in [0.717, 1.165) is 5.39 Å². The van der Waals surface area contributed by atoms with Gasteiger partial charge in [0.2, 0.25) is 0 Å². The molecule has 1 aromatic carbocycles. The summed E-state index contributed by atoms with van der Waals surface area (Å²) in [5.74, 6) is -0.972. The third kappa shape index (κ3) is 4.27. The van der Waals surface area contributed by atoms with Crippen LogP contribution in [0, 0.1) is 11.3 Å². The van der Waals surface area contributed by atoms with Crippen LogP contribution < -0.4 is 5.32 Å². The molecule has 1 aromatic heterocycles. The maximum absolute atomic E-state index is 12.3. The first kappa shape index (κ1) is 16.4. The fourth-order valence-corrected chi connectivity index (χ4v) is 2.20. The summed E-state index contributed by atoms with van der Waals surface area (Å²) in [4.78, 5) is 28.3. The number of hydrogen-bond donors (Lipinski definition) is 1. The molecule has 0 saturated carbocycles. The Morgan fingerprint density at radius 3 is 2.83 bits per heavy atom. The fourth-order valence-electron chi connectivity index (χ4n) is 2.20. The summed E-state index contributed by atoms with van der Waals surface area (Å²) in [6, 6.07) is 12.1. The number of rotatable bonds is 6. The number of benzene rings is 1. The van der Waals surface area contributed by atoms with Crippen LogP contribution in [0.2, 0.25) is 0 Å². The zero-order chi connectivity index (χ0) is 16.7. The number of unbranched alkanes of at least 4 members (excludes halogenated alkanes) is 1. The lowest BCUT2D eigenvalue weighted by Crippen LogP contribution is -2.41. The molecule has 0 saturated heterocycles. The van der Waals surface area contributed by atoms with Crippen LogP contribution in [0.3, 0.4) is 0 Å². The highest BCUT2D eigenvalue weighted by Gasteiger charge is 2.22. The van der Waals surface area contributed by atoms with Gasteiger partial charge in [-0.1, -0.05) is 24.3 Å². The Hall–Kier alpha value is -2.94. The number of amides is 1. The number of carbonyl (C=O) groups excluding carboxylic acids is 2. The van der Waals surface area contributed by atoms with Crippen LogP contribution in [0.5, 0.6) is 0 Å². The number of esters is 1. The number of methoxy groups -OCH3 is 1. The monoisotopic (exact) mass is 311 g/mol. The Morgan fingerprint density at radius 1 is 1.30 bits per heavy atom. The summed E-state index contributed by atoms with van der Waals surface area (Å²) < 4.78 is 4.69. The van der Waals surface area contributed by atoms with E-state index in [2.05, 4.69) is 10.3 Å². The summed E-state index contributed by atoms with van der Waals surface area (Å²) >= 11 is 0. The van der Waals surface area contributed by atoms with Gasteiger partial charge in [-0.3, -0.25) is 4.79 Å². The van der Waals surface area contributed by atoms with Crippen LogP contribution in [0.15, 0.2) is 36.4 Å². The normalized spacial score (nSPS) is 11.5. The number of fused-ring (bicyclic) bond motifs is 1. The van der Waals surface area contributed by atoms with Gasteiger partial charge in [0.25, 0.3) is 5.91 Å². The van der Waals surface area contributed by atoms with E-state index in [-0.39, 0.29) is 5.69 Å². The van der Waals surface area contributed by atoms with Gasteiger partial charge in [-0.25, -0.2) is 9.78 Å². The van der Waals surface area contributed by atoms with Crippen LogP contribution in [0.4, 0.5) is 0 Å². The predicted molar refractivity (Wildman–Crippen MR) is 84.5 cm³/mol. The highest BCUT2D eigenvalue weighted by molar-refractivity contribution is 5.97. The van der Waals surface area contributed by atoms with Crippen molar-refractivity contribution >= 4 is 22.8 Å². The van der Waals surface area contributed by atoms with Gasteiger partial charge in [0.15, 0.2) is 0 Å². The van der Waals surface area contributed by atoms with Gasteiger partial charge in [-0.05, 0) is 25.0 Å². The Labute approximate surface area is 134 Å². The van der Waals surface area contributed by atoms with Crippen LogP contribution in [-0.2, 0) is 9.53 Å². The summed E-state index contributed by atoms with van der Waals surface area (Å²) in [6.45, 7) is 0. The van der Waals surface area contributed by atoms with Crippen molar-refractivity contribution < 1.29 is 14.3 Å². The average molecular weight is 311 g/mol. The smallest absolute Gasteiger partial charge is 0.328 e. The van der Waals surface area contributed by atoms with Gasteiger partial charge in [-0.15, -0.1) is 0 Å². The molecule has 2 rings (SSSR count). The molecule has 0 bridgehead atoms. The zero-order valence-corrected chi connectivity index (χ0v) is 12.8. The van der Waals surface area contributed by atoms with Crippen molar-refractivity contribution in [1.29, 1.82) is 5.26 Å². The molecule has 0 aliphatic carbocycles. The Bertz CT molecular complexity index is 752. The molecular formula is C17H17N3O3. The quantitative estimate of drug-likeness (QED) is 0.652. The SMILES string of the molecule is COC(=O)[C@H](CCCC#N)NC(=O)c1ccc2ccccc2n1. The number of nitriles is 1. The van der Waals surface area contributed by atoms with Crippen molar-refractivity contribution in [2.24, 2.45) is 0 Å². The van der Waals surface area contributed by atoms with Crippen LogP contribution in [0.1, 0.15) is 29.8 Å². The topological polar surface area (TPSA) is 92.1 Å². The molecule has 0 aliphatic heterocycles. The predicted octanol–water partition coefficient (Wildman–Crippen LogP) is 2.20. The highest BCUT2D eigenvalue weighted by Crippen LogP contribution is 2.12. The summed E-state index contributed by atoms with van der Waals surface area (Å²) in [5.41, 5.74) is 0.942. The minimum Gasteiger partial charge on any atom is -0.467 e. The van der Waals surface area contributed by atoms with Gasteiger partial charge >= 0.3 is 5.97 Å². The molecule has 0 radical (unpaired) electrons. The number of carbonyl (C=O) groups is 2. The molecule has 2 aromatic rings. The maximum Gasteiger partial charge on any atom is 0.328 e. The zero-order valence-electron chi connectivity index (χ0n) is 12.8. The first-order chi connectivity index (χ1) is 11.2. The van der Waals surface area contributed by atoms with Crippen molar-refractivity contribution in [3.05, 3.63) is 42.1 Å². The minimum atomic E-state index is -0.783. The summed E-state index contributed by atoms with van der Waals surface area (Å²) in [5, 5.41) is 12.1. The van der Waals surface area contributed by atoms with Crippen LogP contribution >= 0.6 is 0 Å². The van der Waals surface area contributed by atoms with Gasteiger partial charge in [-0.2, -0.15) is 5.26 Å². The molecule has 1 heterocycles. The Balaban J connectivity index is 2.12. The second kappa shape index (κ2) is 7.90. The number of aromatic nitrogens is 1. The van der Waals surface area contributed by atoms with E-state index in [1.807, 2.05) is 30.3 Å². The number of nitrogens with one attached hydrogen (secondary N) is 1. The van der Waals surface area contributed by atoms with Gasteiger partial charge in [0, 0.05) is 11.8 Å². The Kier molecular flexibility index (Phi) is 5.64. The van der Waals surface area contributed by atoms with E-state index < -0.39 is 17.9 Å². The number of para-hydroxylation sites is 1. The molecule has 1 N–H and O–H groups in total. The van der Waals surface area contributed by atoms with Crippen molar-refractivity contribution in [1.82, 2.24) is 10.3 Å². The first-order valence-corrected chi connectivity index (χ1v) is 7.27. The van der Waals surface area contributed by atoms with E-state index >= 15 is 0 Å².